The van der Waals surface area contributed by atoms with Crippen molar-refractivity contribution in [3.8, 4) is 5.75 Å². The summed E-state index contributed by atoms with van der Waals surface area (Å²) in [4.78, 5) is 2.04. The van der Waals surface area contributed by atoms with Gasteiger partial charge in [0.25, 0.3) is 0 Å². The zero-order chi connectivity index (χ0) is 22.8. The summed E-state index contributed by atoms with van der Waals surface area (Å²) in [7, 11) is 0. The van der Waals surface area contributed by atoms with Crippen molar-refractivity contribution in [3.63, 3.8) is 0 Å². The van der Waals surface area contributed by atoms with E-state index in [-0.39, 0.29) is 19.0 Å². The second kappa shape index (κ2) is 9.48. The minimum atomic E-state index is -1.45. The van der Waals surface area contributed by atoms with Crippen molar-refractivity contribution in [1.82, 2.24) is 4.90 Å². The van der Waals surface area contributed by atoms with Crippen LogP contribution in [0.2, 0.25) is 0 Å². The molecule has 3 N–H and O–H groups in total. The molecule has 32 heavy (non-hydrogen) atoms. The van der Waals surface area contributed by atoms with Crippen LogP contribution in [0, 0.1) is 12.7 Å². The molecule has 1 heterocycles. The minimum Gasteiger partial charge on any atom is -0.490 e. The Morgan fingerprint density at radius 2 is 1.78 bits per heavy atom. The van der Waals surface area contributed by atoms with Crippen LogP contribution in [-0.4, -0.2) is 63.8 Å². The van der Waals surface area contributed by atoms with Crippen molar-refractivity contribution < 1.29 is 24.4 Å². The third-order valence-electron chi connectivity index (χ3n) is 7.16. The summed E-state index contributed by atoms with van der Waals surface area (Å²) >= 11 is 0. The van der Waals surface area contributed by atoms with Gasteiger partial charge in [0.15, 0.2) is 0 Å². The summed E-state index contributed by atoms with van der Waals surface area (Å²) in [5, 5.41) is 32.8. The van der Waals surface area contributed by atoms with Gasteiger partial charge in [-0.3, -0.25) is 4.90 Å². The van der Waals surface area contributed by atoms with Crippen LogP contribution in [0.3, 0.4) is 0 Å². The van der Waals surface area contributed by atoms with E-state index in [1.807, 2.05) is 11.0 Å². The molecule has 4 rings (SSSR count). The zero-order valence-electron chi connectivity index (χ0n) is 18.7. The molecule has 1 aliphatic heterocycles. The fourth-order valence-corrected chi connectivity index (χ4v) is 5.13. The Morgan fingerprint density at radius 3 is 2.47 bits per heavy atom. The molecule has 0 amide bonds. The Labute approximate surface area is 189 Å². The fourth-order valence-electron chi connectivity index (χ4n) is 5.13. The number of rotatable bonds is 6. The zero-order valence-corrected chi connectivity index (χ0v) is 18.7. The van der Waals surface area contributed by atoms with Gasteiger partial charge >= 0.3 is 0 Å². The molecule has 1 aliphatic carbocycles. The maximum absolute atomic E-state index is 13.5. The summed E-state index contributed by atoms with van der Waals surface area (Å²) < 4.78 is 19.2. The number of likely N-dealkylation sites (tertiary alicyclic amines) is 1. The first-order chi connectivity index (χ1) is 15.3. The molecule has 2 aromatic carbocycles. The molecule has 0 radical (unpaired) electrons. The third-order valence-corrected chi connectivity index (χ3v) is 7.16. The van der Waals surface area contributed by atoms with Gasteiger partial charge in [0.1, 0.15) is 23.8 Å². The number of nitrogens with zero attached hydrogens (tertiary/aromatic N) is 1. The summed E-state index contributed by atoms with van der Waals surface area (Å²) in [5.41, 5.74) is -0.437. The minimum absolute atomic E-state index is 0.0930. The predicted octanol–water partition coefficient (Wildman–Crippen LogP) is 3.40. The standard InChI is InChI=1S/C26H34FNO4/c1-19-15-22(7-8-23(19)27)32-18-26(31)17-28(14-11-24(26)29)16-25(30)12-9-21(10-13-25)20-5-3-2-4-6-20/h2-8,15,21,24,29-31H,9-14,16-18H2,1H3/t21?,24-,25?,26-/m0/s1. The highest BCUT2D eigenvalue weighted by molar-refractivity contribution is 5.29. The van der Waals surface area contributed by atoms with Crippen LogP contribution in [0.15, 0.2) is 48.5 Å². The van der Waals surface area contributed by atoms with Gasteiger partial charge < -0.3 is 20.1 Å². The average molecular weight is 444 g/mol. The second-order valence-electron chi connectivity index (χ2n) is 9.73. The quantitative estimate of drug-likeness (QED) is 0.638. The highest BCUT2D eigenvalue weighted by atomic mass is 19.1. The molecular formula is C26H34FNO4. The van der Waals surface area contributed by atoms with Gasteiger partial charge in [-0.1, -0.05) is 30.3 Å². The third kappa shape index (κ3) is 5.31. The van der Waals surface area contributed by atoms with E-state index in [9.17, 15) is 19.7 Å². The molecule has 2 aliphatic rings. The van der Waals surface area contributed by atoms with Gasteiger partial charge in [-0.2, -0.15) is 0 Å². The van der Waals surface area contributed by atoms with Crippen LogP contribution in [0.25, 0.3) is 0 Å². The molecule has 5 nitrogen and oxygen atoms in total. The van der Waals surface area contributed by atoms with Gasteiger partial charge in [0.2, 0.25) is 0 Å². The Morgan fingerprint density at radius 1 is 1.06 bits per heavy atom. The second-order valence-corrected chi connectivity index (χ2v) is 9.73. The summed E-state index contributed by atoms with van der Waals surface area (Å²) in [5.74, 6) is 0.624. The highest BCUT2D eigenvalue weighted by Crippen LogP contribution is 2.39. The number of halogens is 1. The van der Waals surface area contributed by atoms with E-state index >= 15 is 0 Å². The number of aliphatic hydroxyl groups excluding tert-OH is 1. The SMILES string of the molecule is Cc1cc(OC[C@@]2(O)CN(CC3(O)CCC(c4ccccc4)CC3)CC[C@@H]2O)ccc1F. The largest absolute Gasteiger partial charge is 0.490 e. The van der Waals surface area contributed by atoms with Crippen LogP contribution < -0.4 is 4.74 Å². The Balaban J connectivity index is 1.34. The van der Waals surface area contributed by atoms with E-state index in [2.05, 4.69) is 24.3 Å². The number of benzene rings is 2. The average Bonchev–Trinajstić information content (AvgIpc) is 2.78. The molecule has 0 aromatic heterocycles. The number of piperidine rings is 1. The molecule has 0 unspecified atom stereocenters. The van der Waals surface area contributed by atoms with Crippen molar-refractivity contribution in [2.24, 2.45) is 0 Å². The van der Waals surface area contributed by atoms with Crippen LogP contribution in [0.5, 0.6) is 5.75 Å². The lowest BCUT2D eigenvalue weighted by Crippen LogP contribution is -2.62. The smallest absolute Gasteiger partial charge is 0.137 e. The normalized spacial score (nSPS) is 31.4. The molecule has 1 saturated heterocycles. The first kappa shape index (κ1) is 23.2. The molecule has 2 fully saturated rings. The molecule has 0 spiro atoms. The Kier molecular flexibility index (Phi) is 6.86. The maximum atomic E-state index is 13.5. The molecule has 6 heteroatoms. The maximum Gasteiger partial charge on any atom is 0.137 e. The molecule has 2 aromatic rings. The number of ether oxygens (including phenoxy) is 1. The number of aryl methyl sites for hydroxylation is 1. The molecular weight excluding hydrogens is 409 g/mol. The van der Waals surface area contributed by atoms with E-state index in [4.69, 9.17) is 4.74 Å². The van der Waals surface area contributed by atoms with Crippen LogP contribution in [-0.2, 0) is 0 Å². The molecule has 2 atom stereocenters. The first-order valence-electron chi connectivity index (χ1n) is 11.6. The van der Waals surface area contributed by atoms with E-state index in [0.29, 0.717) is 36.7 Å². The molecule has 174 valence electrons. The highest BCUT2D eigenvalue weighted by Gasteiger charge is 2.44. The van der Waals surface area contributed by atoms with Crippen molar-refractivity contribution in [3.05, 3.63) is 65.5 Å². The van der Waals surface area contributed by atoms with E-state index in [0.717, 1.165) is 25.7 Å². The summed E-state index contributed by atoms with van der Waals surface area (Å²) in [6.07, 6.45) is 2.81. The van der Waals surface area contributed by atoms with E-state index in [1.54, 1.807) is 13.0 Å². The number of β-amino-alcohol motifs (C(OH)–C–C–N with tert-alkyl or cyclic N) is 2. The van der Waals surface area contributed by atoms with Gasteiger partial charge in [0.05, 0.1) is 11.7 Å². The lowest BCUT2D eigenvalue weighted by atomic mass is 9.75. The topological polar surface area (TPSA) is 73.2 Å². The van der Waals surface area contributed by atoms with E-state index < -0.39 is 17.3 Å². The van der Waals surface area contributed by atoms with Crippen LogP contribution in [0.4, 0.5) is 4.39 Å². The fraction of sp³-hybridized carbons (Fsp3) is 0.538. The monoisotopic (exact) mass is 443 g/mol. The first-order valence-corrected chi connectivity index (χ1v) is 11.6. The molecule has 0 bridgehead atoms. The number of aliphatic hydroxyl groups is 3. The molecule has 1 saturated carbocycles. The van der Waals surface area contributed by atoms with Crippen molar-refractivity contribution in [2.45, 2.75) is 62.3 Å². The lowest BCUT2D eigenvalue weighted by molar-refractivity contribution is -0.150. The van der Waals surface area contributed by atoms with Crippen molar-refractivity contribution >= 4 is 0 Å². The summed E-state index contributed by atoms with van der Waals surface area (Å²) in [6, 6.07) is 14.9. The van der Waals surface area contributed by atoms with Gasteiger partial charge in [-0.25, -0.2) is 4.39 Å². The Bertz CT molecular complexity index is 900. The van der Waals surface area contributed by atoms with Crippen LogP contribution in [0.1, 0.15) is 49.1 Å². The van der Waals surface area contributed by atoms with Crippen molar-refractivity contribution in [2.75, 3.05) is 26.2 Å². The lowest BCUT2D eigenvalue weighted by Gasteiger charge is -2.46. The summed E-state index contributed by atoms with van der Waals surface area (Å²) in [6.45, 7) is 2.87. The predicted molar refractivity (Wildman–Crippen MR) is 121 cm³/mol. The van der Waals surface area contributed by atoms with Gasteiger partial charge in [-0.15, -0.1) is 0 Å². The van der Waals surface area contributed by atoms with Gasteiger partial charge in [-0.05, 0) is 74.3 Å². The number of hydrogen-bond acceptors (Lipinski definition) is 5. The van der Waals surface area contributed by atoms with Crippen molar-refractivity contribution in [1.29, 1.82) is 0 Å². The van der Waals surface area contributed by atoms with Gasteiger partial charge in [0, 0.05) is 19.6 Å². The number of hydrogen-bond donors (Lipinski definition) is 3. The van der Waals surface area contributed by atoms with E-state index in [1.165, 1.54) is 17.7 Å². The Hall–Kier alpha value is -1.99. The van der Waals surface area contributed by atoms with Crippen LogP contribution >= 0.6 is 0 Å².